The highest BCUT2D eigenvalue weighted by atomic mass is 32.1. The van der Waals surface area contributed by atoms with Crippen molar-refractivity contribution in [2.75, 3.05) is 4.90 Å². The standard InChI is InChI=1S/C27H25N5O2S/c1-18(2)19-11-13-20(14-12-19)31-26(25(29-27(31)35)23-9-3-4-15-28-23)24-10-6-16-30(24)21-7-5-8-22(17-21)32(33)34/h3-18,25-26H,1-2H3,(H,29,35). The summed E-state index contributed by atoms with van der Waals surface area (Å²) < 4.78 is 1.98. The quantitative estimate of drug-likeness (QED) is 0.203. The summed E-state index contributed by atoms with van der Waals surface area (Å²) in [5.74, 6) is 0.427. The van der Waals surface area contributed by atoms with Crippen LogP contribution >= 0.6 is 12.2 Å². The Hall–Kier alpha value is -4.04. The van der Waals surface area contributed by atoms with Gasteiger partial charge in [-0.2, -0.15) is 0 Å². The van der Waals surface area contributed by atoms with Crippen molar-refractivity contribution in [1.29, 1.82) is 0 Å². The van der Waals surface area contributed by atoms with Gasteiger partial charge in [0.25, 0.3) is 5.69 Å². The first-order chi connectivity index (χ1) is 16.9. The maximum Gasteiger partial charge on any atom is 0.271 e. The van der Waals surface area contributed by atoms with Gasteiger partial charge < -0.3 is 14.8 Å². The van der Waals surface area contributed by atoms with Crippen molar-refractivity contribution >= 4 is 28.7 Å². The molecule has 3 heterocycles. The fourth-order valence-corrected chi connectivity index (χ4v) is 4.93. The molecule has 5 rings (SSSR count). The van der Waals surface area contributed by atoms with E-state index in [1.165, 1.54) is 11.6 Å². The third-order valence-electron chi connectivity index (χ3n) is 6.34. The Kier molecular flexibility index (Phi) is 6.05. The van der Waals surface area contributed by atoms with Gasteiger partial charge in [-0.15, -0.1) is 0 Å². The minimum absolute atomic E-state index is 0.0459. The summed E-state index contributed by atoms with van der Waals surface area (Å²) in [7, 11) is 0. The number of non-ortho nitro benzene ring substituents is 1. The highest BCUT2D eigenvalue weighted by molar-refractivity contribution is 7.80. The van der Waals surface area contributed by atoms with E-state index in [4.69, 9.17) is 12.2 Å². The molecule has 2 unspecified atom stereocenters. The van der Waals surface area contributed by atoms with Gasteiger partial charge in [-0.3, -0.25) is 15.1 Å². The van der Waals surface area contributed by atoms with E-state index in [2.05, 4.69) is 53.3 Å². The summed E-state index contributed by atoms with van der Waals surface area (Å²) in [6, 6.07) is 24.5. The van der Waals surface area contributed by atoms with Crippen LogP contribution in [0.25, 0.3) is 5.69 Å². The van der Waals surface area contributed by atoms with Crippen molar-refractivity contribution in [3.05, 3.63) is 118 Å². The summed E-state index contributed by atoms with van der Waals surface area (Å²) in [6.07, 6.45) is 3.70. The van der Waals surface area contributed by atoms with Gasteiger partial charge in [-0.1, -0.05) is 38.1 Å². The van der Waals surface area contributed by atoms with Crippen LogP contribution in [0.1, 0.15) is 48.8 Å². The van der Waals surface area contributed by atoms with Crippen LogP contribution in [0.3, 0.4) is 0 Å². The van der Waals surface area contributed by atoms with Crippen molar-refractivity contribution in [3.8, 4) is 5.69 Å². The van der Waals surface area contributed by atoms with Gasteiger partial charge in [0.05, 0.1) is 22.3 Å². The second kappa shape index (κ2) is 9.31. The van der Waals surface area contributed by atoms with Gasteiger partial charge in [0.2, 0.25) is 0 Å². The Morgan fingerprint density at radius 1 is 1.00 bits per heavy atom. The molecule has 1 N–H and O–H groups in total. The molecule has 1 aliphatic rings. The monoisotopic (exact) mass is 483 g/mol. The van der Waals surface area contributed by atoms with E-state index in [0.29, 0.717) is 16.7 Å². The molecule has 1 fully saturated rings. The number of rotatable bonds is 6. The third-order valence-corrected chi connectivity index (χ3v) is 6.65. The van der Waals surface area contributed by atoms with Crippen LogP contribution in [0.5, 0.6) is 0 Å². The Morgan fingerprint density at radius 2 is 1.80 bits per heavy atom. The van der Waals surface area contributed by atoms with Crippen LogP contribution in [-0.4, -0.2) is 19.6 Å². The van der Waals surface area contributed by atoms with Crippen LogP contribution in [0.2, 0.25) is 0 Å². The summed E-state index contributed by atoms with van der Waals surface area (Å²) in [5.41, 5.74) is 4.80. The summed E-state index contributed by atoms with van der Waals surface area (Å²) in [5, 5.41) is 15.5. The molecule has 1 aliphatic heterocycles. The van der Waals surface area contributed by atoms with Gasteiger partial charge in [0, 0.05) is 35.9 Å². The van der Waals surface area contributed by atoms with E-state index in [1.807, 2.05) is 47.2 Å². The normalized spacial score (nSPS) is 17.6. The number of pyridine rings is 1. The Labute approximate surface area is 209 Å². The maximum atomic E-state index is 11.4. The number of anilines is 1. The zero-order valence-electron chi connectivity index (χ0n) is 19.4. The van der Waals surface area contributed by atoms with Crippen LogP contribution < -0.4 is 10.2 Å². The van der Waals surface area contributed by atoms with E-state index in [1.54, 1.807) is 18.3 Å². The molecule has 0 amide bonds. The number of hydrogen-bond donors (Lipinski definition) is 1. The second-order valence-corrected chi connectivity index (χ2v) is 9.21. The first kappa shape index (κ1) is 22.7. The SMILES string of the molecule is CC(C)c1ccc(N2C(=S)NC(c3ccccn3)C2c2cccn2-c2cccc([N+](=O)[O-])c2)cc1. The Morgan fingerprint density at radius 3 is 2.49 bits per heavy atom. The Balaban J connectivity index is 1.64. The first-order valence-corrected chi connectivity index (χ1v) is 11.9. The van der Waals surface area contributed by atoms with Gasteiger partial charge in [-0.25, -0.2) is 0 Å². The number of thiocarbonyl (C=S) groups is 1. The van der Waals surface area contributed by atoms with Gasteiger partial charge in [0.1, 0.15) is 6.04 Å². The molecule has 0 bridgehead atoms. The lowest BCUT2D eigenvalue weighted by atomic mass is 9.99. The number of aromatic nitrogens is 2. The lowest BCUT2D eigenvalue weighted by molar-refractivity contribution is -0.384. The lowest BCUT2D eigenvalue weighted by Gasteiger charge is -2.29. The smallest absolute Gasteiger partial charge is 0.271 e. The van der Waals surface area contributed by atoms with Gasteiger partial charge in [-0.05, 0) is 66.2 Å². The molecule has 1 saturated heterocycles. The van der Waals surface area contributed by atoms with Crippen molar-refractivity contribution < 1.29 is 4.92 Å². The highest BCUT2D eigenvalue weighted by Gasteiger charge is 2.42. The summed E-state index contributed by atoms with van der Waals surface area (Å²) in [6.45, 7) is 4.34. The van der Waals surface area contributed by atoms with E-state index in [9.17, 15) is 10.1 Å². The highest BCUT2D eigenvalue weighted by Crippen LogP contribution is 2.42. The molecule has 4 aromatic rings. The second-order valence-electron chi connectivity index (χ2n) is 8.82. The zero-order valence-corrected chi connectivity index (χ0v) is 20.2. The van der Waals surface area contributed by atoms with Crippen molar-refractivity contribution in [2.45, 2.75) is 31.8 Å². The first-order valence-electron chi connectivity index (χ1n) is 11.5. The molecule has 2 aromatic heterocycles. The molecule has 0 spiro atoms. The molecule has 8 heteroatoms. The van der Waals surface area contributed by atoms with Crippen LogP contribution in [0.15, 0.2) is 91.3 Å². The molecule has 2 atom stereocenters. The van der Waals surface area contributed by atoms with Gasteiger partial charge >= 0.3 is 0 Å². The topological polar surface area (TPSA) is 76.2 Å². The molecular weight excluding hydrogens is 458 g/mol. The number of benzene rings is 2. The molecule has 0 aliphatic carbocycles. The van der Waals surface area contributed by atoms with Crippen molar-refractivity contribution in [3.63, 3.8) is 0 Å². The maximum absolute atomic E-state index is 11.4. The minimum Gasteiger partial charge on any atom is -0.351 e. The van der Waals surface area contributed by atoms with E-state index < -0.39 is 0 Å². The third kappa shape index (κ3) is 4.28. The van der Waals surface area contributed by atoms with E-state index >= 15 is 0 Å². The largest absolute Gasteiger partial charge is 0.351 e. The fourth-order valence-electron chi connectivity index (χ4n) is 4.58. The van der Waals surface area contributed by atoms with E-state index in [0.717, 1.165) is 17.1 Å². The van der Waals surface area contributed by atoms with Crippen LogP contribution in [0.4, 0.5) is 11.4 Å². The predicted octanol–water partition coefficient (Wildman–Crippen LogP) is 6.08. The molecule has 0 radical (unpaired) electrons. The van der Waals surface area contributed by atoms with Crippen molar-refractivity contribution in [2.24, 2.45) is 0 Å². The minimum atomic E-state index is -0.377. The molecule has 35 heavy (non-hydrogen) atoms. The number of nitro benzene ring substituents is 1. The molecule has 7 nitrogen and oxygen atoms in total. The van der Waals surface area contributed by atoms with Crippen LogP contribution in [0, 0.1) is 10.1 Å². The van der Waals surface area contributed by atoms with Crippen LogP contribution in [-0.2, 0) is 0 Å². The number of hydrogen-bond acceptors (Lipinski definition) is 4. The number of nitrogens with zero attached hydrogens (tertiary/aromatic N) is 4. The summed E-state index contributed by atoms with van der Waals surface area (Å²) in [4.78, 5) is 17.8. The number of nitro groups is 1. The van der Waals surface area contributed by atoms with Crippen molar-refractivity contribution in [1.82, 2.24) is 14.9 Å². The average Bonchev–Trinajstić information content (AvgIpc) is 3.49. The molecule has 0 saturated carbocycles. The molecule has 176 valence electrons. The fraction of sp³-hybridized carbons (Fsp3) is 0.185. The van der Waals surface area contributed by atoms with Gasteiger partial charge in [0.15, 0.2) is 5.11 Å². The average molecular weight is 484 g/mol. The molecular formula is C27H25N5O2S. The summed E-state index contributed by atoms with van der Waals surface area (Å²) >= 11 is 5.84. The molecule has 2 aromatic carbocycles. The van der Waals surface area contributed by atoms with E-state index in [-0.39, 0.29) is 22.7 Å². The zero-order chi connectivity index (χ0) is 24.5. The predicted molar refractivity (Wildman–Crippen MR) is 141 cm³/mol. The Bertz CT molecular complexity index is 1370. The lowest BCUT2D eigenvalue weighted by Crippen LogP contribution is -2.30. The number of nitrogens with one attached hydrogen (secondary N) is 1.